The molecule has 1 saturated carbocycles. The van der Waals surface area contributed by atoms with Gasteiger partial charge in [0, 0.05) is 23.7 Å². The highest BCUT2D eigenvalue weighted by atomic mass is 35.5. The number of halogens is 2. The van der Waals surface area contributed by atoms with E-state index in [9.17, 15) is 22.4 Å². The summed E-state index contributed by atoms with van der Waals surface area (Å²) in [7, 11) is -0.303. The van der Waals surface area contributed by atoms with Crippen molar-refractivity contribution in [2.75, 3.05) is 32.2 Å². The van der Waals surface area contributed by atoms with Crippen LogP contribution in [0.15, 0.2) is 65.6 Å². The van der Waals surface area contributed by atoms with Crippen LogP contribution in [0.25, 0.3) is 0 Å². The van der Waals surface area contributed by atoms with Crippen molar-refractivity contribution in [2.45, 2.75) is 62.6 Å². The maximum atomic E-state index is 14.3. The number of methoxy groups -OCH3 is 3. The molecule has 0 aliphatic heterocycles. The van der Waals surface area contributed by atoms with Crippen LogP contribution < -0.4 is 23.8 Å². The third-order valence-corrected chi connectivity index (χ3v) is 10.0. The Morgan fingerprint density at radius 2 is 1.54 bits per heavy atom. The first-order valence-corrected chi connectivity index (χ1v) is 16.7. The number of nitrogens with zero attached hydrogens (tertiary/aromatic N) is 2. The van der Waals surface area contributed by atoms with Crippen molar-refractivity contribution in [3.8, 4) is 17.2 Å². The summed E-state index contributed by atoms with van der Waals surface area (Å²) >= 11 is 6.31. The van der Waals surface area contributed by atoms with E-state index in [1.54, 1.807) is 6.92 Å². The van der Waals surface area contributed by atoms with E-state index in [4.69, 9.17) is 25.8 Å². The predicted molar refractivity (Wildman–Crippen MR) is 174 cm³/mol. The number of hydrogen-bond acceptors (Lipinski definition) is 7. The van der Waals surface area contributed by atoms with Crippen LogP contribution in [0.2, 0.25) is 5.02 Å². The molecule has 1 atom stereocenters. The Morgan fingerprint density at radius 3 is 2.17 bits per heavy atom. The number of hydrogen-bond donors (Lipinski definition) is 1. The lowest BCUT2D eigenvalue weighted by Gasteiger charge is -2.33. The molecule has 0 radical (unpaired) electrons. The molecule has 0 unspecified atom stereocenters. The molecule has 1 fully saturated rings. The molecule has 1 aliphatic carbocycles. The molecule has 46 heavy (non-hydrogen) atoms. The van der Waals surface area contributed by atoms with E-state index >= 15 is 0 Å². The second kappa shape index (κ2) is 15.5. The monoisotopic (exact) mass is 675 g/mol. The number of nitrogens with one attached hydrogen (secondary N) is 1. The summed E-state index contributed by atoms with van der Waals surface area (Å²) in [5.74, 6) is -0.871. The number of ether oxygens (including phenoxy) is 3. The summed E-state index contributed by atoms with van der Waals surface area (Å²) in [6.07, 6.45) is 4.80. The van der Waals surface area contributed by atoms with Gasteiger partial charge in [-0.25, -0.2) is 12.8 Å². The summed E-state index contributed by atoms with van der Waals surface area (Å²) in [6.45, 7) is 0.803. The van der Waals surface area contributed by atoms with Gasteiger partial charge < -0.3 is 24.4 Å². The Bertz CT molecular complexity index is 1630. The Kier molecular flexibility index (Phi) is 11.7. The fourth-order valence-electron chi connectivity index (χ4n) is 5.41. The molecule has 1 N–H and O–H groups in total. The van der Waals surface area contributed by atoms with Crippen LogP contribution >= 0.6 is 11.6 Å². The van der Waals surface area contributed by atoms with Gasteiger partial charge in [0.15, 0.2) is 11.5 Å². The minimum Gasteiger partial charge on any atom is -0.495 e. The second-order valence-corrected chi connectivity index (χ2v) is 13.3. The van der Waals surface area contributed by atoms with Crippen molar-refractivity contribution < 1.29 is 36.6 Å². The first-order chi connectivity index (χ1) is 22.0. The summed E-state index contributed by atoms with van der Waals surface area (Å²) in [5.41, 5.74) is 0.570. The van der Waals surface area contributed by atoms with Gasteiger partial charge in [0.1, 0.15) is 24.2 Å². The highest BCUT2D eigenvalue weighted by Gasteiger charge is 2.35. The van der Waals surface area contributed by atoms with Crippen molar-refractivity contribution in [1.29, 1.82) is 0 Å². The van der Waals surface area contributed by atoms with Gasteiger partial charge in [-0.1, -0.05) is 43.0 Å². The maximum Gasteiger partial charge on any atom is 0.265 e. The van der Waals surface area contributed by atoms with Gasteiger partial charge in [-0.15, -0.1) is 0 Å². The van der Waals surface area contributed by atoms with E-state index in [2.05, 4.69) is 5.32 Å². The Balaban J connectivity index is 1.76. The topological polar surface area (TPSA) is 114 Å². The zero-order valence-electron chi connectivity index (χ0n) is 26.3. The molecule has 248 valence electrons. The molecule has 0 aromatic heterocycles. The SMILES string of the molecule is COc1ccc(S(=O)(=O)N(CC(=O)N(Cc2ccc(F)cc2)[C@@H](C)C(=O)NC2CCCCC2)c2cc(Cl)ccc2OC)cc1OC. The lowest BCUT2D eigenvalue weighted by molar-refractivity contribution is -0.139. The smallest absolute Gasteiger partial charge is 0.265 e. The van der Waals surface area contributed by atoms with Gasteiger partial charge >= 0.3 is 0 Å². The van der Waals surface area contributed by atoms with Crippen molar-refractivity contribution >= 4 is 39.1 Å². The number of anilines is 1. The molecule has 0 saturated heterocycles. The summed E-state index contributed by atoms with van der Waals surface area (Å²) in [4.78, 5) is 28.9. The minimum absolute atomic E-state index is 0.0101. The molecular weight excluding hydrogens is 637 g/mol. The molecule has 4 rings (SSSR count). The van der Waals surface area contributed by atoms with E-state index in [0.717, 1.165) is 36.4 Å². The predicted octanol–water partition coefficient (Wildman–Crippen LogP) is 5.57. The van der Waals surface area contributed by atoms with Gasteiger partial charge in [-0.3, -0.25) is 13.9 Å². The summed E-state index contributed by atoms with van der Waals surface area (Å²) in [5, 5.41) is 3.26. The highest BCUT2D eigenvalue weighted by molar-refractivity contribution is 7.92. The average Bonchev–Trinajstić information content (AvgIpc) is 3.06. The second-order valence-electron chi connectivity index (χ2n) is 11.0. The van der Waals surface area contributed by atoms with Gasteiger partial charge in [0.05, 0.1) is 31.9 Å². The van der Waals surface area contributed by atoms with Crippen LogP contribution in [0.5, 0.6) is 17.2 Å². The van der Waals surface area contributed by atoms with E-state index < -0.39 is 34.3 Å². The molecule has 0 bridgehead atoms. The van der Waals surface area contributed by atoms with Crippen molar-refractivity contribution in [1.82, 2.24) is 10.2 Å². The van der Waals surface area contributed by atoms with Crippen LogP contribution in [0.1, 0.15) is 44.6 Å². The fourth-order valence-corrected chi connectivity index (χ4v) is 7.01. The van der Waals surface area contributed by atoms with Crippen molar-refractivity contribution in [2.24, 2.45) is 0 Å². The molecule has 0 spiro atoms. The standard InChI is InChI=1S/C33H39ClFN3O7S/c1-22(33(40)36-26-8-6-5-7-9-26)37(20-23-10-13-25(35)14-11-23)32(39)21-38(28-18-24(34)12-16-29(28)43-2)46(41,42)27-15-17-30(44-3)31(19-27)45-4/h10-19,22,26H,5-9,20-21H2,1-4H3,(H,36,40)/t22-/m0/s1. The van der Waals surface area contributed by atoms with E-state index in [0.29, 0.717) is 11.3 Å². The van der Waals surface area contributed by atoms with Gasteiger partial charge in [0.2, 0.25) is 11.8 Å². The molecule has 10 nitrogen and oxygen atoms in total. The van der Waals surface area contributed by atoms with Gasteiger partial charge in [0.25, 0.3) is 10.0 Å². The number of benzene rings is 3. The average molecular weight is 676 g/mol. The van der Waals surface area contributed by atoms with Crippen LogP contribution in [-0.2, 0) is 26.2 Å². The molecule has 1 aliphatic rings. The largest absolute Gasteiger partial charge is 0.495 e. The zero-order valence-corrected chi connectivity index (χ0v) is 27.9. The molecular formula is C33H39ClFN3O7S. The van der Waals surface area contributed by atoms with E-state index in [-0.39, 0.29) is 45.6 Å². The molecule has 3 aromatic rings. The highest BCUT2D eigenvalue weighted by Crippen LogP contribution is 2.37. The Labute approximate surface area is 274 Å². The maximum absolute atomic E-state index is 14.3. The lowest BCUT2D eigenvalue weighted by atomic mass is 9.95. The molecule has 3 aromatic carbocycles. The Morgan fingerprint density at radius 1 is 0.913 bits per heavy atom. The van der Waals surface area contributed by atoms with Gasteiger partial charge in [-0.05, 0) is 67.8 Å². The summed E-state index contributed by atoms with van der Waals surface area (Å²) < 4.78 is 59.4. The Hall–Kier alpha value is -4.03. The molecule has 13 heteroatoms. The first-order valence-electron chi connectivity index (χ1n) is 14.9. The number of sulfonamides is 1. The van der Waals surface area contributed by atoms with Crippen molar-refractivity contribution in [3.05, 3.63) is 77.1 Å². The first kappa shape index (κ1) is 34.8. The quantitative estimate of drug-likeness (QED) is 0.252. The third-order valence-electron chi connectivity index (χ3n) is 8.02. The summed E-state index contributed by atoms with van der Waals surface area (Å²) in [6, 6.07) is 13.0. The zero-order chi connectivity index (χ0) is 33.4. The van der Waals surface area contributed by atoms with Crippen LogP contribution in [0.4, 0.5) is 10.1 Å². The van der Waals surface area contributed by atoms with Crippen LogP contribution in [0, 0.1) is 5.82 Å². The normalized spacial score (nSPS) is 14.2. The van der Waals surface area contributed by atoms with Gasteiger partial charge in [-0.2, -0.15) is 0 Å². The van der Waals surface area contributed by atoms with E-state index in [1.807, 2.05) is 0 Å². The number of rotatable bonds is 13. The third kappa shape index (κ3) is 8.21. The minimum atomic E-state index is -4.48. The lowest BCUT2D eigenvalue weighted by Crippen LogP contribution is -2.53. The molecule has 2 amide bonds. The number of amides is 2. The number of carbonyl (C=O) groups is 2. The molecule has 0 heterocycles. The fraction of sp³-hybridized carbons (Fsp3) is 0.394. The van der Waals surface area contributed by atoms with Crippen molar-refractivity contribution in [3.63, 3.8) is 0 Å². The van der Waals surface area contributed by atoms with Crippen LogP contribution in [0.3, 0.4) is 0 Å². The number of carbonyl (C=O) groups excluding carboxylic acids is 2. The van der Waals surface area contributed by atoms with Crippen LogP contribution in [-0.4, -0.2) is 65.1 Å². The van der Waals surface area contributed by atoms with E-state index in [1.165, 1.54) is 86.9 Å².